The lowest BCUT2D eigenvalue weighted by Gasteiger charge is -2.31. The molecule has 0 amide bonds. The van der Waals surface area contributed by atoms with Crippen LogP contribution in [0.4, 0.5) is 0 Å². The minimum atomic E-state index is -0.315. The van der Waals surface area contributed by atoms with Crippen molar-refractivity contribution in [2.45, 2.75) is 137 Å². The number of rotatable bonds is 28. The van der Waals surface area contributed by atoms with Crippen molar-refractivity contribution in [3.63, 3.8) is 0 Å². The van der Waals surface area contributed by atoms with Crippen molar-refractivity contribution in [3.05, 3.63) is 0 Å². The van der Waals surface area contributed by atoms with Crippen LogP contribution in [-0.4, -0.2) is 52.2 Å². The maximum absolute atomic E-state index is 13.2. The molecule has 210 valence electrons. The summed E-state index contributed by atoms with van der Waals surface area (Å²) < 4.78 is 22.3. The van der Waals surface area contributed by atoms with Crippen LogP contribution in [0.5, 0.6) is 0 Å². The highest BCUT2D eigenvalue weighted by molar-refractivity contribution is 5.76. The highest BCUT2D eigenvalue weighted by Gasteiger charge is 2.37. The van der Waals surface area contributed by atoms with E-state index < -0.39 is 0 Å². The third-order valence-electron chi connectivity index (χ3n) is 6.95. The Morgan fingerprint density at radius 3 is 1.46 bits per heavy atom. The summed E-state index contributed by atoms with van der Waals surface area (Å²) in [5, 5.41) is 0. The first kappa shape index (κ1) is 34.4. The number of carbonyl (C=O) groups excluding carboxylic acids is 1. The summed E-state index contributed by atoms with van der Waals surface area (Å²) in [7, 11) is 0. The van der Waals surface area contributed by atoms with E-state index >= 15 is 0 Å². The van der Waals surface area contributed by atoms with Gasteiger partial charge in [-0.15, -0.1) is 0 Å². The summed E-state index contributed by atoms with van der Waals surface area (Å²) in [6, 6.07) is 0. The molecule has 0 unspecified atom stereocenters. The molecule has 0 aromatic carbocycles. The van der Waals surface area contributed by atoms with Crippen LogP contribution < -0.4 is 0 Å². The summed E-state index contributed by atoms with van der Waals surface area (Å²) in [4.78, 5) is 13.2. The number of hydrogen-bond acceptors (Lipinski definition) is 5. The van der Waals surface area contributed by atoms with E-state index in [1.54, 1.807) is 0 Å². The SMILES string of the molecule is CCCCCCCCC(CC)(CCCCCCCC)C(=O)OCCOCCCOCCCOCC. The van der Waals surface area contributed by atoms with E-state index in [4.69, 9.17) is 18.9 Å². The maximum Gasteiger partial charge on any atom is 0.312 e. The van der Waals surface area contributed by atoms with Crippen molar-refractivity contribution in [2.24, 2.45) is 5.41 Å². The number of carbonyl (C=O) groups is 1. The third kappa shape index (κ3) is 20.1. The molecule has 35 heavy (non-hydrogen) atoms. The lowest BCUT2D eigenvalue weighted by molar-refractivity contribution is -0.159. The summed E-state index contributed by atoms with van der Waals surface area (Å²) in [5.41, 5.74) is -0.315. The average molecular weight is 501 g/mol. The topological polar surface area (TPSA) is 54.0 Å². The van der Waals surface area contributed by atoms with Crippen molar-refractivity contribution in [2.75, 3.05) is 46.2 Å². The largest absolute Gasteiger partial charge is 0.463 e. The minimum Gasteiger partial charge on any atom is -0.463 e. The van der Waals surface area contributed by atoms with Crippen LogP contribution >= 0.6 is 0 Å². The molecule has 0 aliphatic heterocycles. The number of unbranched alkanes of at least 4 members (excludes halogenated alkanes) is 10. The van der Waals surface area contributed by atoms with Gasteiger partial charge >= 0.3 is 5.97 Å². The molecule has 0 spiro atoms. The molecule has 0 heterocycles. The minimum absolute atomic E-state index is 0.00310. The van der Waals surface area contributed by atoms with Gasteiger partial charge in [0.25, 0.3) is 0 Å². The van der Waals surface area contributed by atoms with Crippen LogP contribution in [0.2, 0.25) is 0 Å². The fourth-order valence-electron chi connectivity index (χ4n) is 4.54. The molecule has 0 radical (unpaired) electrons. The van der Waals surface area contributed by atoms with Crippen molar-refractivity contribution in [1.29, 1.82) is 0 Å². The lowest BCUT2D eigenvalue weighted by Crippen LogP contribution is -2.33. The van der Waals surface area contributed by atoms with Crippen LogP contribution in [-0.2, 0) is 23.7 Å². The van der Waals surface area contributed by atoms with Gasteiger partial charge in [-0.2, -0.15) is 0 Å². The summed E-state index contributed by atoms with van der Waals surface area (Å²) >= 11 is 0. The van der Waals surface area contributed by atoms with Crippen LogP contribution in [0.3, 0.4) is 0 Å². The van der Waals surface area contributed by atoms with E-state index in [9.17, 15) is 4.79 Å². The van der Waals surface area contributed by atoms with Gasteiger partial charge in [0.15, 0.2) is 0 Å². The molecule has 0 saturated carbocycles. The predicted octanol–water partition coefficient (Wildman–Crippen LogP) is 8.28. The van der Waals surface area contributed by atoms with Gasteiger partial charge < -0.3 is 18.9 Å². The third-order valence-corrected chi connectivity index (χ3v) is 6.95. The zero-order chi connectivity index (χ0) is 25.9. The highest BCUT2D eigenvalue weighted by atomic mass is 16.6. The fraction of sp³-hybridized carbons (Fsp3) is 0.967. The van der Waals surface area contributed by atoms with Gasteiger partial charge in [0.1, 0.15) is 6.61 Å². The Kier molecular flexibility index (Phi) is 25.9. The second-order valence-corrected chi connectivity index (χ2v) is 9.93. The first-order chi connectivity index (χ1) is 17.2. The molecule has 0 fully saturated rings. The van der Waals surface area contributed by atoms with Gasteiger partial charge in [-0.1, -0.05) is 97.8 Å². The van der Waals surface area contributed by atoms with Gasteiger partial charge in [-0.3, -0.25) is 4.79 Å². The molecule has 0 atom stereocenters. The van der Waals surface area contributed by atoms with E-state index in [0.29, 0.717) is 26.4 Å². The van der Waals surface area contributed by atoms with Gasteiger partial charge in [0.2, 0.25) is 0 Å². The van der Waals surface area contributed by atoms with Crippen LogP contribution in [0.1, 0.15) is 137 Å². The van der Waals surface area contributed by atoms with Crippen LogP contribution in [0.25, 0.3) is 0 Å². The van der Waals surface area contributed by atoms with Gasteiger partial charge in [-0.05, 0) is 39.0 Å². The summed E-state index contributed by atoms with van der Waals surface area (Å²) in [5.74, 6) is 0.00310. The highest BCUT2D eigenvalue weighted by Crippen LogP contribution is 2.37. The molecule has 0 aromatic heterocycles. The molecular weight excluding hydrogens is 440 g/mol. The molecule has 0 aromatic rings. The zero-order valence-corrected chi connectivity index (χ0v) is 24.0. The molecular formula is C30H60O5. The van der Waals surface area contributed by atoms with E-state index in [-0.39, 0.29) is 11.4 Å². The second kappa shape index (κ2) is 26.4. The molecule has 0 aliphatic carbocycles. The quantitative estimate of drug-likeness (QED) is 0.0799. The molecule has 5 nitrogen and oxygen atoms in total. The van der Waals surface area contributed by atoms with Crippen molar-refractivity contribution >= 4 is 5.97 Å². The normalized spacial score (nSPS) is 11.8. The van der Waals surface area contributed by atoms with Gasteiger partial charge in [0, 0.05) is 33.0 Å². The average Bonchev–Trinajstić information content (AvgIpc) is 2.87. The second-order valence-electron chi connectivity index (χ2n) is 9.93. The number of ether oxygens (including phenoxy) is 4. The van der Waals surface area contributed by atoms with E-state index in [1.807, 2.05) is 6.92 Å². The first-order valence-corrected chi connectivity index (χ1v) is 15.1. The Bertz CT molecular complexity index is 424. The Hall–Kier alpha value is -0.650. The van der Waals surface area contributed by atoms with Gasteiger partial charge in [-0.25, -0.2) is 0 Å². The molecule has 0 bridgehead atoms. The zero-order valence-electron chi connectivity index (χ0n) is 24.0. The maximum atomic E-state index is 13.2. The van der Waals surface area contributed by atoms with Crippen molar-refractivity contribution in [3.8, 4) is 0 Å². The monoisotopic (exact) mass is 500 g/mol. The van der Waals surface area contributed by atoms with Crippen LogP contribution in [0, 0.1) is 5.41 Å². The molecule has 0 aliphatic rings. The standard InChI is InChI=1S/C30H60O5/c1-5-9-11-13-15-17-21-30(7-3,22-18-16-14-12-10-6-2)29(31)35-28-27-34-26-20-25-33-24-19-23-32-8-4/h5-28H2,1-4H3. The lowest BCUT2D eigenvalue weighted by atomic mass is 9.75. The van der Waals surface area contributed by atoms with Crippen molar-refractivity contribution < 1.29 is 23.7 Å². The van der Waals surface area contributed by atoms with Crippen LogP contribution in [0.15, 0.2) is 0 Å². The predicted molar refractivity (Wildman–Crippen MR) is 147 cm³/mol. The molecule has 0 rings (SSSR count). The van der Waals surface area contributed by atoms with E-state index in [0.717, 1.165) is 64.8 Å². The Morgan fingerprint density at radius 2 is 0.971 bits per heavy atom. The van der Waals surface area contributed by atoms with E-state index in [1.165, 1.54) is 64.2 Å². The number of esters is 1. The fourth-order valence-corrected chi connectivity index (χ4v) is 4.54. The van der Waals surface area contributed by atoms with Gasteiger partial charge in [0.05, 0.1) is 12.0 Å². The Balaban J connectivity index is 4.26. The first-order valence-electron chi connectivity index (χ1n) is 15.1. The smallest absolute Gasteiger partial charge is 0.312 e. The summed E-state index contributed by atoms with van der Waals surface area (Å²) in [6.07, 6.45) is 19.7. The van der Waals surface area contributed by atoms with Crippen molar-refractivity contribution in [1.82, 2.24) is 0 Å². The molecule has 5 heteroatoms. The number of hydrogen-bond donors (Lipinski definition) is 0. The summed E-state index contributed by atoms with van der Waals surface area (Å²) in [6.45, 7) is 13.1. The van der Waals surface area contributed by atoms with E-state index in [2.05, 4.69) is 20.8 Å². The molecule has 0 N–H and O–H groups in total. The molecule has 0 saturated heterocycles. The Morgan fingerprint density at radius 1 is 0.514 bits per heavy atom. The Labute approximate surface area is 218 Å².